The first kappa shape index (κ1) is 12.8. The van der Waals surface area contributed by atoms with Gasteiger partial charge >= 0.3 is 0 Å². The summed E-state index contributed by atoms with van der Waals surface area (Å²) in [6.07, 6.45) is 0.777. The number of nitrogens with one attached hydrogen (secondary N) is 1. The molecule has 3 N–H and O–H groups in total. The Balaban J connectivity index is 2.34. The van der Waals surface area contributed by atoms with E-state index in [-0.39, 0.29) is 11.9 Å². The minimum absolute atomic E-state index is 0.0846. The van der Waals surface area contributed by atoms with Crippen LogP contribution in [0, 0.1) is 6.92 Å². The second-order valence-corrected chi connectivity index (χ2v) is 4.59. The number of nitrogens with zero attached hydrogens (tertiary/aromatic N) is 2. The number of hydrogen-bond acceptors (Lipinski definition) is 4. The molecule has 1 aromatic heterocycles. The molecule has 0 radical (unpaired) electrons. The van der Waals surface area contributed by atoms with E-state index in [9.17, 15) is 4.79 Å². The zero-order chi connectivity index (χ0) is 13.1. The summed E-state index contributed by atoms with van der Waals surface area (Å²) >= 11 is 0. The molecule has 0 spiro atoms. The molecule has 1 aliphatic heterocycles. The third kappa shape index (κ3) is 2.46. The highest BCUT2D eigenvalue weighted by molar-refractivity contribution is 5.86. The van der Waals surface area contributed by atoms with E-state index < -0.39 is 0 Å². The summed E-state index contributed by atoms with van der Waals surface area (Å²) in [7, 11) is 0. The lowest BCUT2D eigenvalue weighted by Crippen LogP contribution is -2.55. The summed E-state index contributed by atoms with van der Waals surface area (Å²) in [5.41, 5.74) is 7.68. The van der Waals surface area contributed by atoms with Crippen molar-refractivity contribution in [3.8, 4) is 0 Å². The number of aromatic nitrogens is 1. The molecule has 5 heteroatoms. The maximum Gasteiger partial charge on any atom is 0.242 e. The Hall–Kier alpha value is -1.62. The Morgan fingerprint density at radius 2 is 2.33 bits per heavy atom. The van der Waals surface area contributed by atoms with Crippen LogP contribution in [0.5, 0.6) is 0 Å². The number of aryl methyl sites for hydroxylation is 1. The van der Waals surface area contributed by atoms with E-state index in [0.717, 1.165) is 30.0 Å². The van der Waals surface area contributed by atoms with Crippen molar-refractivity contribution in [2.75, 3.05) is 18.0 Å². The number of piperazine rings is 1. The fourth-order valence-electron chi connectivity index (χ4n) is 2.38. The number of rotatable bonds is 3. The maximum absolute atomic E-state index is 11.8. The lowest BCUT2D eigenvalue weighted by Gasteiger charge is -2.35. The van der Waals surface area contributed by atoms with Gasteiger partial charge in [0.1, 0.15) is 11.9 Å². The van der Waals surface area contributed by atoms with Crippen LogP contribution in [-0.4, -0.2) is 30.0 Å². The van der Waals surface area contributed by atoms with E-state index in [1.165, 1.54) is 0 Å². The van der Waals surface area contributed by atoms with E-state index in [2.05, 4.69) is 15.2 Å². The van der Waals surface area contributed by atoms with Gasteiger partial charge in [-0.1, -0.05) is 6.92 Å². The third-order valence-electron chi connectivity index (χ3n) is 3.25. The van der Waals surface area contributed by atoms with Gasteiger partial charge in [-0.2, -0.15) is 0 Å². The molecule has 1 unspecified atom stereocenters. The highest BCUT2D eigenvalue weighted by atomic mass is 16.2. The molecule has 0 bridgehead atoms. The molecule has 18 heavy (non-hydrogen) atoms. The first-order chi connectivity index (χ1) is 8.65. The van der Waals surface area contributed by atoms with E-state index in [1.807, 2.05) is 26.0 Å². The van der Waals surface area contributed by atoms with Crippen molar-refractivity contribution in [2.45, 2.75) is 32.9 Å². The van der Waals surface area contributed by atoms with Crippen molar-refractivity contribution < 1.29 is 4.79 Å². The van der Waals surface area contributed by atoms with Gasteiger partial charge in [0.25, 0.3) is 0 Å². The van der Waals surface area contributed by atoms with E-state index >= 15 is 0 Å². The van der Waals surface area contributed by atoms with Crippen LogP contribution in [0.1, 0.15) is 24.6 Å². The van der Waals surface area contributed by atoms with Crippen molar-refractivity contribution in [1.82, 2.24) is 10.3 Å². The average molecular weight is 248 g/mol. The maximum atomic E-state index is 11.8. The molecule has 1 saturated heterocycles. The highest BCUT2D eigenvalue weighted by Gasteiger charge is 2.29. The standard InChI is InChI=1S/C13H20N4O/c1-3-11-13(18)15-4-5-17(11)12-7-10(8-14)6-9(2)16-12/h6-7,11H,3-5,8,14H2,1-2H3,(H,15,18). The predicted octanol–water partition coefficient (Wildman–Crippen LogP) is 0.564. The van der Waals surface area contributed by atoms with Gasteiger partial charge < -0.3 is 16.0 Å². The van der Waals surface area contributed by atoms with Crippen LogP contribution in [-0.2, 0) is 11.3 Å². The van der Waals surface area contributed by atoms with Crippen LogP contribution in [0.3, 0.4) is 0 Å². The first-order valence-electron chi connectivity index (χ1n) is 6.37. The fraction of sp³-hybridized carbons (Fsp3) is 0.538. The Morgan fingerprint density at radius 3 is 3.00 bits per heavy atom. The largest absolute Gasteiger partial charge is 0.353 e. The summed E-state index contributed by atoms with van der Waals surface area (Å²) in [5, 5.41) is 2.89. The smallest absolute Gasteiger partial charge is 0.242 e. The van der Waals surface area contributed by atoms with E-state index in [0.29, 0.717) is 13.1 Å². The quantitative estimate of drug-likeness (QED) is 0.820. The second kappa shape index (κ2) is 5.35. The molecule has 2 rings (SSSR count). The van der Waals surface area contributed by atoms with E-state index in [1.54, 1.807) is 0 Å². The van der Waals surface area contributed by atoms with Crippen LogP contribution in [0.4, 0.5) is 5.82 Å². The predicted molar refractivity (Wildman–Crippen MR) is 71.3 cm³/mol. The summed E-state index contributed by atoms with van der Waals surface area (Å²) in [4.78, 5) is 18.4. The Morgan fingerprint density at radius 1 is 1.56 bits per heavy atom. The second-order valence-electron chi connectivity index (χ2n) is 4.59. The number of pyridine rings is 1. The Kier molecular flexibility index (Phi) is 3.81. The van der Waals surface area contributed by atoms with Gasteiger partial charge in [0, 0.05) is 25.3 Å². The van der Waals surface area contributed by atoms with Crippen LogP contribution in [0.2, 0.25) is 0 Å². The van der Waals surface area contributed by atoms with Gasteiger partial charge in [0.2, 0.25) is 5.91 Å². The van der Waals surface area contributed by atoms with E-state index in [4.69, 9.17) is 5.73 Å². The van der Waals surface area contributed by atoms with Crippen molar-refractivity contribution in [2.24, 2.45) is 5.73 Å². The molecule has 0 saturated carbocycles. The molecular formula is C13H20N4O. The number of amides is 1. The van der Waals surface area contributed by atoms with Crippen LogP contribution >= 0.6 is 0 Å². The van der Waals surface area contributed by atoms with Crippen LogP contribution in [0.15, 0.2) is 12.1 Å². The van der Waals surface area contributed by atoms with Crippen molar-refractivity contribution in [3.05, 3.63) is 23.4 Å². The van der Waals surface area contributed by atoms with Crippen molar-refractivity contribution in [1.29, 1.82) is 0 Å². The molecular weight excluding hydrogens is 228 g/mol. The molecule has 0 aromatic carbocycles. The summed E-state index contributed by atoms with van der Waals surface area (Å²) < 4.78 is 0. The topological polar surface area (TPSA) is 71.2 Å². The lowest BCUT2D eigenvalue weighted by molar-refractivity contribution is -0.123. The number of anilines is 1. The molecule has 1 aromatic rings. The van der Waals surface area contributed by atoms with Crippen LogP contribution in [0.25, 0.3) is 0 Å². The van der Waals surface area contributed by atoms with Gasteiger partial charge in [0.15, 0.2) is 0 Å². The number of hydrogen-bond donors (Lipinski definition) is 2. The zero-order valence-electron chi connectivity index (χ0n) is 10.9. The molecule has 2 heterocycles. The first-order valence-corrected chi connectivity index (χ1v) is 6.37. The Bertz CT molecular complexity index is 447. The van der Waals surface area contributed by atoms with Gasteiger partial charge in [-0.15, -0.1) is 0 Å². The number of carbonyl (C=O) groups excluding carboxylic acids is 1. The Labute approximate surface area is 107 Å². The van der Waals surface area contributed by atoms with Crippen molar-refractivity contribution >= 4 is 11.7 Å². The minimum atomic E-state index is -0.126. The molecule has 0 aliphatic carbocycles. The van der Waals surface area contributed by atoms with Gasteiger partial charge in [-0.25, -0.2) is 4.98 Å². The molecule has 1 fully saturated rings. The summed E-state index contributed by atoms with van der Waals surface area (Å²) in [6.45, 7) is 5.93. The average Bonchev–Trinajstić information content (AvgIpc) is 2.37. The molecule has 98 valence electrons. The van der Waals surface area contributed by atoms with Gasteiger partial charge in [-0.3, -0.25) is 4.79 Å². The summed E-state index contributed by atoms with van der Waals surface area (Å²) in [6, 6.07) is 3.83. The minimum Gasteiger partial charge on any atom is -0.353 e. The monoisotopic (exact) mass is 248 g/mol. The molecule has 5 nitrogen and oxygen atoms in total. The third-order valence-corrected chi connectivity index (χ3v) is 3.25. The molecule has 1 aliphatic rings. The number of carbonyl (C=O) groups is 1. The van der Waals surface area contributed by atoms with Gasteiger partial charge in [-0.05, 0) is 31.0 Å². The number of nitrogens with two attached hydrogens (primary N) is 1. The van der Waals surface area contributed by atoms with Crippen LogP contribution < -0.4 is 16.0 Å². The lowest BCUT2D eigenvalue weighted by atomic mass is 10.1. The normalized spacial score (nSPS) is 19.8. The van der Waals surface area contributed by atoms with Gasteiger partial charge in [0.05, 0.1) is 0 Å². The summed E-state index contributed by atoms with van der Waals surface area (Å²) in [5.74, 6) is 0.943. The fourth-order valence-corrected chi connectivity index (χ4v) is 2.38. The highest BCUT2D eigenvalue weighted by Crippen LogP contribution is 2.20. The van der Waals surface area contributed by atoms with Crippen molar-refractivity contribution in [3.63, 3.8) is 0 Å². The molecule has 1 atom stereocenters. The zero-order valence-corrected chi connectivity index (χ0v) is 10.9. The molecule has 1 amide bonds. The SMILES string of the molecule is CCC1C(=O)NCCN1c1cc(CN)cc(C)n1.